The lowest BCUT2D eigenvalue weighted by molar-refractivity contribution is -0.148. The summed E-state index contributed by atoms with van der Waals surface area (Å²) in [6.45, 7) is 0.429. The Labute approximate surface area is 96.2 Å². The fourth-order valence-corrected chi connectivity index (χ4v) is 1.36. The summed E-state index contributed by atoms with van der Waals surface area (Å²) in [5.41, 5.74) is 0. The molecule has 5 nitrogen and oxygen atoms in total. The Kier molecular flexibility index (Phi) is 4.88. The van der Waals surface area contributed by atoms with Crippen molar-refractivity contribution in [1.82, 2.24) is 15.0 Å². The number of rotatable bonds is 6. The van der Waals surface area contributed by atoms with Crippen molar-refractivity contribution >= 4 is 0 Å². The van der Waals surface area contributed by atoms with Crippen LogP contribution in [0.3, 0.4) is 0 Å². The van der Waals surface area contributed by atoms with E-state index in [-0.39, 0.29) is 32.0 Å². The third-order valence-corrected chi connectivity index (χ3v) is 1.96. The lowest BCUT2D eigenvalue weighted by Gasteiger charge is -2.21. The highest BCUT2D eigenvalue weighted by molar-refractivity contribution is 4.83. The number of hydrogen-bond donors (Lipinski definition) is 1. The molecule has 0 atom stereocenters. The molecule has 1 aromatic heterocycles. The Hall–Kier alpha value is -1.15. The van der Waals surface area contributed by atoms with Crippen LogP contribution >= 0.6 is 0 Å². The number of aryl methyl sites for hydroxylation is 1. The average Bonchev–Trinajstić information content (AvgIpc) is 2.58. The number of aliphatic hydroxyl groups is 1. The largest absolute Gasteiger partial charge is 0.401 e. The van der Waals surface area contributed by atoms with Gasteiger partial charge in [0.05, 0.1) is 13.1 Å². The van der Waals surface area contributed by atoms with Crippen LogP contribution in [0.2, 0.25) is 0 Å². The molecular weight excluding hydrogens is 239 g/mol. The molecule has 0 unspecified atom stereocenters. The van der Waals surface area contributed by atoms with Crippen LogP contribution in [0, 0.1) is 6.92 Å². The molecule has 98 valence electrons. The molecule has 0 aromatic carbocycles. The normalized spacial score (nSPS) is 12.4. The number of nitrogens with zero attached hydrogens (tertiary/aromatic N) is 3. The summed E-state index contributed by atoms with van der Waals surface area (Å²) in [5.74, 6) is 0.527. The van der Waals surface area contributed by atoms with Crippen LogP contribution in [0.5, 0.6) is 0 Å². The minimum absolute atomic E-state index is 0.0691. The molecular formula is C9H14F3N3O2. The maximum atomic E-state index is 12.3. The number of hydrogen-bond acceptors (Lipinski definition) is 5. The van der Waals surface area contributed by atoms with Gasteiger partial charge in [0.1, 0.15) is 0 Å². The highest BCUT2D eigenvalue weighted by atomic mass is 19.4. The van der Waals surface area contributed by atoms with Gasteiger partial charge in [-0.05, 0) is 13.3 Å². The molecule has 17 heavy (non-hydrogen) atoms. The fraction of sp³-hybridized carbons (Fsp3) is 0.778. The van der Waals surface area contributed by atoms with Crippen LogP contribution in [0.4, 0.5) is 13.2 Å². The summed E-state index contributed by atoms with van der Waals surface area (Å²) in [6, 6.07) is 0. The van der Waals surface area contributed by atoms with Crippen molar-refractivity contribution in [1.29, 1.82) is 0 Å². The second-order valence-electron chi connectivity index (χ2n) is 3.64. The Morgan fingerprint density at radius 1 is 1.41 bits per heavy atom. The Morgan fingerprint density at radius 3 is 2.59 bits per heavy atom. The van der Waals surface area contributed by atoms with Gasteiger partial charge in [-0.15, -0.1) is 0 Å². The molecule has 0 fully saturated rings. The predicted molar refractivity (Wildman–Crippen MR) is 52.1 cm³/mol. The summed E-state index contributed by atoms with van der Waals surface area (Å²) in [4.78, 5) is 4.95. The Bertz CT molecular complexity index is 340. The first-order valence-electron chi connectivity index (χ1n) is 5.10. The van der Waals surface area contributed by atoms with Crippen molar-refractivity contribution < 1.29 is 22.8 Å². The van der Waals surface area contributed by atoms with Crippen LogP contribution in [0.25, 0.3) is 0 Å². The molecule has 0 aliphatic carbocycles. The monoisotopic (exact) mass is 253 g/mol. The van der Waals surface area contributed by atoms with Gasteiger partial charge in [-0.2, -0.15) is 18.2 Å². The first-order chi connectivity index (χ1) is 7.90. The Morgan fingerprint density at radius 2 is 2.12 bits per heavy atom. The van der Waals surface area contributed by atoms with E-state index in [2.05, 4.69) is 10.1 Å². The lowest BCUT2D eigenvalue weighted by atomic mass is 10.3. The predicted octanol–water partition coefficient (Wildman–Crippen LogP) is 1.12. The maximum absolute atomic E-state index is 12.3. The summed E-state index contributed by atoms with van der Waals surface area (Å²) in [6.07, 6.45) is -4.02. The molecule has 0 saturated heterocycles. The molecule has 1 aromatic rings. The SMILES string of the molecule is Cc1noc(CN(CCCO)CC(F)(F)F)n1. The van der Waals surface area contributed by atoms with Crippen molar-refractivity contribution in [3.05, 3.63) is 11.7 Å². The second-order valence-corrected chi connectivity index (χ2v) is 3.64. The van der Waals surface area contributed by atoms with E-state index in [1.165, 1.54) is 0 Å². The van der Waals surface area contributed by atoms with E-state index in [0.717, 1.165) is 4.90 Å². The lowest BCUT2D eigenvalue weighted by Crippen LogP contribution is -2.35. The van der Waals surface area contributed by atoms with Crippen molar-refractivity contribution in [3.8, 4) is 0 Å². The topological polar surface area (TPSA) is 62.4 Å². The standard InChI is InChI=1S/C9H14F3N3O2/c1-7-13-8(17-14-7)5-15(3-2-4-16)6-9(10,11)12/h16H,2-6H2,1H3. The van der Waals surface area contributed by atoms with Crippen molar-refractivity contribution in [2.45, 2.75) is 26.1 Å². The van der Waals surface area contributed by atoms with Crippen molar-refractivity contribution in [2.24, 2.45) is 0 Å². The number of halogens is 3. The zero-order valence-electron chi connectivity index (χ0n) is 9.37. The summed E-state index contributed by atoms with van der Waals surface area (Å²) >= 11 is 0. The van der Waals surface area contributed by atoms with Gasteiger partial charge in [0.25, 0.3) is 0 Å². The maximum Gasteiger partial charge on any atom is 0.401 e. The zero-order valence-corrected chi connectivity index (χ0v) is 9.37. The summed E-state index contributed by atoms with van der Waals surface area (Å²) in [5, 5.41) is 12.1. The van der Waals surface area contributed by atoms with Crippen LogP contribution < -0.4 is 0 Å². The van der Waals surface area contributed by atoms with Crippen molar-refractivity contribution in [3.63, 3.8) is 0 Å². The van der Waals surface area contributed by atoms with E-state index in [9.17, 15) is 13.2 Å². The highest BCUT2D eigenvalue weighted by Gasteiger charge is 2.31. The number of aliphatic hydroxyl groups excluding tert-OH is 1. The molecule has 1 N–H and O–H groups in total. The van der Waals surface area contributed by atoms with Gasteiger partial charge < -0.3 is 9.63 Å². The Balaban J connectivity index is 2.56. The number of aromatic nitrogens is 2. The van der Waals surface area contributed by atoms with Gasteiger partial charge in [0.15, 0.2) is 5.82 Å². The van der Waals surface area contributed by atoms with E-state index in [0.29, 0.717) is 5.82 Å². The smallest absolute Gasteiger partial charge is 0.396 e. The van der Waals surface area contributed by atoms with Gasteiger partial charge >= 0.3 is 6.18 Å². The van der Waals surface area contributed by atoms with E-state index >= 15 is 0 Å². The van der Waals surface area contributed by atoms with E-state index in [1.807, 2.05) is 0 Å². The molecule has 0 aliphatic rings. The van der Waals surface area contributed by atoms with Gasteiger partial charge in [-0.1, -0.05) is 5.16 Å². The summed E-state index contributed by atoms with van der Waals surface area (Å²) in [7, 11) is 0. The second kappa shape index (κ2) is 5.97. The molecule has 0 aliphatic heterocycles. The third-order valence-electron chi connectivity index (χ3n) is 1.96. The van der Waals surface area contributed by atoms with Gasteiger partial charge in [-0.3, -0.25) is 4.90 Å². The molecule has 0 saturated carbocycles. The summed E-state index contributed by atoms with van der Waals surface area (Å²) < 4.78 is 41.6. The van der Waals surface area contributed by atoms with Gasteiger partial charge in [-0.25, -0.2) is 0 Å². The fourth-order valence-electron chi connectivity index (χ4n) is 1.36. The third kappa shape index (κ3) is 5.64. The molecule has 1 heterocycles. The highest BCUT2D eigenvalue weighted by Crippen LogP contribution is 2.17. The van der Waals surface area contributed by atoms with Crippen LogP contribution in [-0.2, 0) is 6.54 Å². The zero-order chi connectivity index (χ0) is 12.9. The first-order valence-corrected chi connectivity index (χ1v) is 5.10. The van der Waals surface area contributed by atoms with Crippen LogP contribution in [0.15, 0.2) is 4.52 Å². The van der Waals surface area contributed by atoms with Gasteiger partial charge in [0, 0.05) is 13.2 Å². The van der Waals surface area contributed by atoms with E-state index in [4.69, 9.17) is 9.63 Å². The van der Waals surface area contributed by atoms with Crippen molar-refractivity contribution in [2.75, 3.05) is 19.7 Å². The van der Waals surface area contributed by atoms with Crippen LogP contribution in [-0.4, -0.2) is 46.0 Å². The molecule has 0 spiro atoms. The minimum atomic E-state index is -4.29. The quantitative estimate of drug-likeness (QED) is 0.823. The minimum Gasteiger partial charge on any atom is -0.396 e. The van der Waals surface area contributed by atoms with E-state index < -0.39 is 12.7 Å². The number of alkyl halides is 3. The molecule has 0 radical (unpaired) electrons. The molecule has 0 bridgehead atoms. The van der Waals surface area contributed by atoms with E-state index in [1.54, 1.807) is 6.92 Å². The molecule has 8 heteroatoms. The van der Waals surface area contributed by atoms with Gasteiger partial charge in [0.2, 0.25) is 5.89 Å². The first kappa shape index (κ1) is 13.9. The molecule has 1 rings (SSSR count). The average molecular weight is 253 g/mol. The van der Waals surface area contributed by atoms with Crippen LogP contribution in [0.1, 0.15) is 18.1 Å². The molecule has 0 amide bonds.